The Morgan fingerprint density at radius 3 is 2.35 bits per heavy atom. The van der Waals surface area contributed by atoms with Gasteiger partial charge in [0.05, 0.1) is 6.07 Å². The van der Waals surface area contributed by atoms with Gasteiger partial charge in [-0.3, -0.25) is 9.80 Å². The molecule has 2 N–H and O–H groups in total. The maximum absolute atomic E-state index is 8.94. The summed E-state index contributed by atoms with van der Waals surface area (Å²) < 4.78 is 0. The van der Waals surface area contributed by atoms with E-state index < -0.39 is 5.54 Å². The van der Waals surface area contributed by atoms with Gasteiger partial charge in [0, 0.05) is 38.8 Å². The molecule has 0 spiro atoms. The molecule has 2 rings (SSSR count). The lowest BCUT2D eigenvalue weighted by atomic mass is 10.1. The van der Waals surface area contributed by atoms with E-state index in [0.29, 0.717) is 6.54 Å². The van der Waals surface area contributed by atoms with Crippen LogP contribution < -0.4 is 5.73 Å². The molecule has 2 aliphatic rings. The van der Waals surface area contributed by atoms with Crippen LogP contribution in [0.3, 0.4) is 0 Å². The predicted molar refractivity (Wildman–Crippen MR) is 68.5 cm³/mol. The third kappa shape index (κ3) is 3.41. The molecule has 1 unspecified atom stereocenters. The number of nitriles is 1. The van der Waals surface area contributed by atoms with Gasteiger partial charge in [0.25, 0.3) is 0 Å². The van der Waals surface area contributed by atoms with Crippen LogP contribution in [0, 0.1) is 11.3 Å². The van der Waals surface area contributed by atoms with Gasteiger partial charge in [0.2, 0.25) is 0 Å². The Morgan fingerprint density at radius 2 is 1.82 bits per heavy atom. The molecule has 1 aliphatic heterocycles. The summed E-state index contributed by atoms with van der Waals surface area (Å²) in [5.74, 6) is 0. The number of hydrogen-bond donors (Lipinski definition) is 1. The van der Waals surface area contributed by atoms with Crippen molar-refractivity contribution in [2.45, 2.75) is 44.2 Å². The van der Waals surface area contributed by atoms with Crippen LogP contribution >= 0.6 is 0 Å². The van der Waals surface area contributed by atoms with E-state index in [1.54, 1.807) is 0 Å². The van der Waals surface area contributed by atoms with Crippen molar-refractivity contribution in [1.82, 2.24) is 9.80 Å². The van der Waals surface area contributed by atoms with Crippen LogP contribution in [-0.4, -0.2) is 54.1 Å². The molecule has 0 bridgehead atoms. The fourth-order valence-electron chi connectivity index (χ4n) is 3.06. The second-order valence-electron chi connectivity index (χ2n) is 5.78. The zero-order valence-corrected chi connectivity index (χ0v) is 10.9. The van der Waals surface area contributed by atoms with Crippen molar-refractivity contribution in [1.29, 1.82) is 5.26 Å². The Balaban J connectivity index is 1.76. The monoisotopic (exact) mass is 236 g/mol. The van der Waals surface area contributed by atoms with E-state index in [4.69, 9.17) is 11.0 Å². The van der Waals surface area contributed by atoms with Gasteiger partial charge in [-0.2, -0.15) is 5.26 Å². The van der Waals surface area contributed by atoms with Gasteiger partial charge in [-0.05, 0) is 19.8 Å². The van der Waals surface area contributed by atoms with Gasteiger partial charge in [-0.1, -0.05) is 12.8 Å². The van der Waals surface area contributed by atoms with E-state index >= 15 is 0 Å². The first-order valence-corrected chi connectivity index (χ1v) is 6.77. The Hall–Kier alpha value is -0.630. The van der Waals surface area contributed by atoms with Gasteiger partial charge in [0.1, 0.15) is 5.54 Å². The molecule has 0 aromatic rings. The van der Waals surface area contributed by atoms with Crippen molar-refractivity contribution in [2.75, 3.05) is 32.7 Å². The van der Waals surface area contributed by atoms with E-state index in [0.717, 1.165) is 32.2 Å². The number of hydrogen-bond acceptors (Lipinski definition) is 4. The molecule has 1 saturated heterocycles. The van der Waals surface area contributed by atoms with Crippen molar-refractivity contribution >= 4 is 0 Å². The van der Waals surface area contributed by atoms with Crippen LogP contribution in [0.15, 0.2) is 0 Å². The number of rotatable bonds is 3. The lowest BCUT2D eigenvalue weighted by Crippen LogP contribution is -2.55. The third-order valence-corrected chi connectivity index (χ3v) is 4.06. The van der Waals surface area contributed by atoms with Gasteiger partial charge in [-0.25, -0.2) is 0 Å². The van der Waals surface area contributed by atoms with E-state index in [9.17, 15) is 0 Å². The molecular weight excluding hydrogens is 212 g/mol. The second-order valence-corrected chi connectivity index (χ2v) is 5.78. The summed E-state index contributed by atoms with van der Waals surface area (Å²) >= 11 is 0. The highest BCUT2D eigenvalue weighted by Gasteiger charge is 2.28. The molecule has 17 heavy (non-hydrogen) atoms. The fourth-order valence-corrected chi connectivity index (χ4v) is 3.06. The average molecular weight is 236 g/mol. The average Bonchev–Trinajstić information content (AvgIpc) is 2.83. The van der Waals surface area contributed by atoms with Crippen LogP contribution in [-0.2, 0) is 0 Å². The van der Waals surface area contributed by atoms with Crippen molar-refractivity contribution in [3.05, 3.63) is 0 Å². The molecule has 0 radical (unpaired) electrons. The Bertz CT molecular complexity index is 280. The first-order chi connectivity index (χ1) is 8.11. The van der Waals surface area contributed by atoms with Gasteiger partial charge >= 0.3 is 0 Å². The van der Waals surface area contributed by atoms with Crippen LogP contribution in [0.1, 0.15) is 32.6 Å². The van der Waals surface area contributed by atoms with Crippen molar-refractivity contribution in [3.63, 3.8) is 0 Å². The molecule has 4 heteroatoms. The van der Waals surface area contributed by atoms with Crippen molar-refractivity contribution in [2.24, 2.45) is 5.73 Å². The second kappa shape index (κ2) is 5.34. The number of nitrogens with zero attached hydrogens (tertiary/aromatic N) is 3. The van der Waals surface area contributed by atoms with E-state index in [-0.39, 0.29) is 0 Å². The molecule has 0 aromatic carbocycles. The maximum atomic E-state index is 8.94. The third-order valence-electron chi connectivity index (χ3n) is 4.06. The summed E-state index contributed by atoms with van der Waals surface area (Å²) in [6, 6.07) is 3.01. The summed E-state index contributed by atoms with van der Waals surface area (Å²) in [7, 11) is 0. The van der Waals surface area contributed by atoms with E-state index in [2.05, 4.69) is 15.9 Å². The Morgan fingerprint density at radius 1 is 1.24 bits per heavy atom. The molecule has 1 atom stereocenters. The zero-order chi connectivity index (χ0) is 12.3. The molecule has 2 fully saturated rings. The molecule has 96 valence electrons. The first-order valence-electron chi connectivity index (χ1n) is 6.77. The Labute approximate surface area is 104 Å². The Kier molecular flexibility index (Phi) is 4.03. The minimum absolute atomic E-state index is 0.696. The molecule has 1 heterocycles. The fraction of sp³-hybridized carbons (Fsp3) is 0.923. The zero-order valence-electron chi connectivity index (χ0n) is 10.9. The summed E-state index contributed by atoms with van der Waals surface area (Å²) in [5.41, 5.74) is 5.19. The number of piperazine rings is 1. The lowest BCUT2D eigenvalue weighted by Gasteiger charge is -2.39. The minimum Gasteiger partial charge on any atom is -0.313 e. The van der Waals surface area contributed by atoms with Gasteiger partial charge < -0.3 is 5.73 Å². The summed E-state index contributed by atoms with van der Waals surface area (Å²) in [6.45, 7) is 6.92. The highest BCUT2D eigenvalue weighted by molar-refractivity contribution is 5.03. The molecule has 0 aromatic heterocycles. The van der Waals surface area contributed by atoms with Gasteiger partial charge in [-0.15, -0.1) is 0 Å². The smallest absolute Gasteiger partial charge is 0.114 e. The summed E-state index contributed by atoms with van der Waals surface area (Å²) in [4.78, 5) is 4.96. The highest BCUT2D eigenvalue weighted by Crippen LogP contribution is 2.24. The van der Waals surface area contributed by atoms with Crippen LogP contribution in [0.25, 0.3) is 0 Å². The SMILES string of the molecule is CC(N)(C#N)CN1CCN(C2CCCC2)CC1. The highest BCUT2D eigenvalue weighted by atomic mass is 15.3. The predicted octanol–water partition coefficient (Wildman–Crippen LogP) is 0.788. The largest absolute Gasteiger partial charge is 0.313 e. The van der Waals surface area contributed by atoms with E-state index in [1.165, 1.54) is 25.7 Å². The molecule has 0 amide bonds. The lowest BCUT2D eigenvalue weighted by molar-refractivity contribution is 0.0903. The van der Waals surface area contributed by atoms with Crippen molar-refractivity contribution < 1.29 is 0 Å². The summed E-state index contributed by atoms with van der Waals surface area (Å²) in [5, 5.41) is 8.94. The van der Waals surface area contributed by atoms with Crippen molar-refractivity contribution in [3.8, 4) is 6.07 Å². The topological polar surface area (TPSA) is 56.3 Å². The maximum Gasteiger partial charge on any atom is 0.114 e. The molecule has 1 saturated carbocycles. The number of nitrogens with two attached hydrogens (primary N) is 1. The van der Waals surface area contributed by atoms with Crippen LogP contribution in [0.2, 0.25) is 0 Å². The molecule has 4 nitrogen and oxygen atoms in total. The van der Waals surface area contributed by atoms with E-state index in [1.807, 2.05) is 6.92 Å². The first kappa shape index (κ1) is 12.8. The minimum atomic E-state index is -0.699. The molecular formula is C13H24N4. The van der Waals surface area contributed by atoms with Crippen LogP contribution in [0.4, 0.5) is 0 Å². The normalized spacial score (nSPS) is 27.8. The quantitative estimate of drug-likeness (QED) is 0.787. The molecule has 1 aliphatic carbocycles. The van der Waals surface area contributed by atoms with Crippen LogP contribution in [0.5, 0.6) is 0 Å². The summed E-state index contributed by atoms with van der Waals surface area (Å²) in [6.07, 6.45) is 5.57. The van der Waals surface area contributed by atoms with Gasteiger partial charge in [0.15, 0.2) is 0 Å². The standard InChI is InChI=1S/C13H24N4/c1-13(15,10-14)11-16-6-8-17(9-7-16)12-4-2-3-5-12/h12H,2-9,11,15H2,1H3.